The summed E-state index contributed by atoms with van der Waals surface area (Å²) in [6.07, 6.45) is -3.16. The predicted octanol–water partition coefficient (Wildman–Crippen LogP) is 3.70. The first-order valence-corrected chi connectivity index (χ1v) is 7.15. The van der Waals surface area contributed by atoms with Crippen LogP contribution in [0, 0.1) is 6.92 Å². The number of carbonyl (C=O) groups is 1. The molecule has 1 heterocycles. The Morgan fingerprint density at radius 1 is 1.43 bits per heavy atom. The Kier molecular flexibility index (Phi) is 4.99. The molecule has 0 amide bonds. The first-order chi connectivity index (χ1) is 10.8. The molecule has 1 N–H and O–H groups in total. The number of carbonyl (C=O) groups excluding carboxylic acids is 1. The zero-order chi connectivity index (χ0) is 17.0. The number of aromatic nitrogens is 1. The van der Waals surface area contributed by atoms with E-state index in [0.29, 0.717) is 15.7 Å². The van der Waals surface area contributed by atoms with Crippen molar-refractivity contribution in [2.24, 2.45) is 5.10 Å². The maximum atomic E-state index is 12.6. The highest BCUT2D eigenvalue weighted by Crippen LogP contribution is 2.29. The van der Waals surface area contributed by atoms with Crippen molar-refractivity contribution in [1.82, 2.24) is 4.98 Å². The highest BCUT2D eigenvalue weighted by atomic mass is 32.1. The maximum absolute atomic E-state index is 12.6. The molecule has 1 aromatic heterocycles. The molecule has 0 fully saturated rings. The van der Waals surface area contributed by atoms with Crippen LogP contribution < -0.4 is 5.43 Å². The van der Waals surface area contributed by atoms with Crippen molar-refractivity contribution in [2.75, 3.05) is 12.5 Å². The number of anilines is 1. The van der Waals surface area contributed by atoms with E-state index < -0.39 is 17.7 Å². The lowest BCUT2D eigenvalue weighted by Gasteiger charge is -2.06. The maximum Gasteiger partial charge on any atom is 0.416 e. The van der Waals surface area contributed by atoms with Gasteiger partial charge in [0.25, 0.3) is 0 Å². The van der Waals surface area contributed by atoms with Gasteiger partial charge in [0.15, 0.2) is 0 Å². The van der Waals surface area contributed by atoms with E-state index in [9.17, 15) is 18.0 Å². The summed E-state index contributed by atoms with van der Waals surface area (Å²) in [6, 6.07) is 4.76. The standard InChI is InChI=1S/C14H12F3N3O2S/c1-8-11(12(21)22-2)23-13(19-8)20-18-7-9-4-3-5-10(6-9)14(15,16)17/h3-7H,1-2H3,(H,19,20)/b18-7-. The second-order valence-corrected chi connectivity index (χ2v) is 5.42. The van der Waals surface area contributed by atoms with Gasteiger partial charge in [0.05, 0.1) is 24.6 Å². The van der Waals surface area contributed by atoms with Gasteiger partial charge in [-0.15, -0.1) is 0 Å². The molecular weight excluding hydrogens is 331 g/mol. The van der Waals surface area contributed by atoms with Crippen LogP contribution in [0.25, 0.3) is 0 Å². The molecule has 9 heteroatoms. The molecule has 2 rings (SSSR count). The third-order valence-electron chi connectivity index (χ3n) is 2.76. The average molecular weight is 343 g/mol. The van der Waals surface area contributed by atoms with Gasteiger partial charge in [-0.25, -0.2) is 9.78 Å². The number of aryl methyl sites for hydroxylation is 1. The van der Waals surface area contributed by atoms with Crippen molar-refractivity contribution in [2.45, 2.75) is 13.1 Å². The second kappa shape index (κ2) is 6.78. The van der Waals surface area contributed by atoms with Crippen LogP contribution in [0.15, 0.2) is 29.4 Å². The highest BCUT2D eigenvalue weighted by Gasteiger charge is 2.30. The monoisotopic (exact) mass is 343 g/mol. The average Bonchev–Trinajstić information content (AvgIpc) is 2.87. The number of thiazole rings is 1. The number of benzene rings is 1. The summed E-state index contributed by atoms with van der Waals surface area (Å²) in [5, 5.41) is 4.17. The number of hydrogen-bond acceptors (Lipinski definition) is 6. The summed E-state index contributed by atoms with van der Waals surface area (Å²) in [5.41, 5.74) is 2.60. The van der Waals surface area contributed by atoms with E-state index in [4.69, 9.17) is 0 Å². The number of alkyl halides is 3. The topological polar surface area (TPSA) is 63.6 Å². The summed E-state index contributed by atoms with van der Waals surface area (Å²) in [4.78, 5) is 15.9. The molecule has 0 radical (unpaired) electrons. The number of nitrogens with zero attached hydrogens (tertiary/aromatic N) is 2. The number of methoxy groups -OCH3 is 1. The van der Waals surface area contributed by atoms with Gasteiger partial charge in [-0.1, -0.05) is 23.5 Å². The van der Waals surface area contributed by atoms with Crippen LogP contribution in [-0.2, 0) is 10.9 Å². The molecule has 23 heavy (non-hydrogen) atoms. The number of hydrazone groups is 1. The fourth-order valence-electron chi connectivity index (χ4n) is 1.68. The molecule has 0 atom stereocenters. The normalized spacial score (nSPS) is 11.7. The van der Waals surface area contributed by atoms with Gasteiger partial charge in [-0.3, -0.25) is 5.43 Å². The lowest BCUT2D eigenvalue weighted by molar-refractivity contribution is -0.137. The smallest absolute Gasteiger partial charge is 0.416 e. The van der Waals surface area contributed by atoms with E-state index in [1.807, 2.05) is 0 Å². The molecular formula is C14H12F3N3O2S. The molecule has 1 aromatic carbocycles. The Labute approximate surface area is 133 Å². The number of ether oxygens (including phenoxy) is 1. The van der Waals surface area contributed by atoms with Gasteiger partial charge < -0.3 is 4.74 Å². The lowest BCUT2D eigenvalue weighted by Crippen LogP contribution is -2.05. The zero-order valence-corrected chi connectivity index (χ0v) is 13.0. The molecule has 122 valence electrons. The third kappa shape index (κ3) is 4.28. The van der Waals surface area contributed by atoms with Crippen LogP contribution >= 0.6 is 11.3 Å². The van der Waals surface area contributed by atoms with Crippen molar-refractivity contribution in [3.63, 3.8) is 0 Å². The van der Waals surface area contributed by atoms with Gasteiger partial charge >= 0.3 is 12.1 Å². The second-order valence-electron chi connectivity index (χ2n) is 4.42. The van der Waals surface area contributed by atoms with Crippen LogP contribution in [0.4, 0.5) is 18.3 Å². The number of hydrogen-bond donors (Lipinski definition) is 1. The Bertz CT molecular complexity index is 741. The van der Waals surface area contributed by atoms with E-state index in [-0.39, 0.29) is 5.56 Å². The van der Waals surface area contributed by atoms with Crippen LogP contribution in [0.3, 0.4) is 0 Å². The van der Waals surface area contributed by atoms with Crippen molar-refractivity contribution in [3.05, 3.63) is 46.0 Å². The zero-order valence-electron chi connectivity index (χ0n) is 12.1. The Morgan fingerprint density at radius 2 is 2.17 bits per heavy atom. The van der Waals surface area contributed by atoms with Gasteiger partial charge in [-0.2, -0.15) is 18.3 Å². The van der Waals surface area contributed by atoms with E-state index >= 15 is 0 Å². The fourth-order valence-corrected chi connectivity index (χ4v) is 2.52. The molecule has 0 unspecified atom stereocenters. The number of halogens is 3. The SMILES string of the molecule is COC(=O)c1sc(N/N=C\c2cccc(C(F)(F)F)c2)nc1C. The van der Waals surface area contributed by atoms with E-state index in [1.54, 1.807) is 6.92 Å². The van der Waals surface area contributed by atoms with E-state index in [2.05, 4.69) is 20.2 Å². The van der Waals surface area contributed by atoms with Gasteiger partial charge in [0.1, 0.15) is 4.88 Å². The molecule has 0 saturated heterocycles. The van der Waals surface area contributed by atoms with E-state index in [0.717, 1.165) is 23.5 Å². The molecule has 2 aromatic rings. The van der Waals surface area contributed by atoms with E-state index in [1.165, 1.54) is 25.5 Å². The minimum Gasteiger partial charge on any atom is -0.465 e. The molecule has 5 nitrogen and oxygen atoms in total. The van der Waals surface area contributed by atoms with Crippen molar-refractivity contribution >= 4 is 28.7 Å². The molecule has 0 aliphatic heterocycles. The van der Waals surface area contributed by atoms with Crippen LogP contribution in [0.1, 0.15) is 26.5 Å². The quantitative estimate of drug-likeness (QED) is 0.522. The van der Waals surface area contributed by atoms with Gasteiger partial charge in [0.2, 0.25) is 5.13 Å². The predicted molar refractivity (Wildman–Crippen MR) is 80.9 cm³/mol. The number of rotatable bonds is 4. The van der Waals surface area contributed by atoms with Crippen molar-refractivity contribution < 1.29 is 22.7 Å². The molecule has 0 bridgehead atoms. The van der Waals surface area contributed by atoms with Crippen LogP contribution in [0.5, 0.6) is 0 Å². The molecule has 0 spiro atoms. The summed E-state index contributed by atoms with van der Waals surface area (Å²) >= 11 is 1.04. The van der Waals surface area contributed by atoms with Crippen LogP contribution in [-0.4, -0.2) is 24.3 Å². The summed E-state index contributed by atoms with van der Waals surface area (Å²) < 4.78 is 42.4. The molecule has 0 saturated carbocycles. The Morgan fingerprint density at radius 3 is 2.83 bits per heavy atom. The Balaban J connectivity index is 2.09. The summed E-state index contributed by atoms with van der Waals surface area (Å²) in [5.74, 6) is -0.505. The summed E-state index contributed by atoms with van der Waals surface area (Å²) in [7, 11) is 1.26. The largest absolute Gasteiger partial charge is 0.465 e. The Hall–Kier alpha value is -2.42. The number of nitrogens with one attached hydrogen (secondary N) is 1. The highest BCUT2D eigenvalue weighted by molar-refractivity contribution is 7.17. The van der Waals surface area contributed by atoms with Crippen molar-refractivity contribution in [1.29, 1.82) is 0 Å². The van der Waals surface area contributed by atoms with Gasteiger partial charge in [-0.05, 0) is 24.6 Å². The fraction of sp³-hybridized carbons (Fsp3) is 0.214. The molecule has 0 aliphatic carbocycles. The minimum absolute atomic E-state index is 0.286. The number of esters is 1. The lowest BCUT2D eigenvalue weighted by atomic mass is 10.1. The first kappa shape index (κ1) is 16.9. The van der Waals surface area contributed by atoms with Crippen molar-refractivity contribution in [3.8, 4) is 0 Å². The minimum atomic E-state index is -4.40. The van der Waals surface area contributed by atoms with Gasteiger partial charge in [0, 0.05) is 0 Å². The molecule has 0 aliphatic rings. The summed E-state index contributed by atoms with van der Waals surface area (Å²) in [6.45, 7) is 1.64. The van der Waals surface area contributed by atoms with Crippen LogP contribution in [0.2, 0.25) is 0 Å². The third-order valence-corrected chi connectivity index (χ3v) is 3.80. The first-order valence-electron chi connectivity index (χ1n) is 6.33.